The Morgan fingerprint density at radius 1 is 1.22 bits per heavy atom. The predicted molar refractivity (Wildman–Crippen MR) is 115 cm³/mol. The lowest BCUT2D eigenvalue weighted by Gasteiger charge is -2.27. The Kier molecular flexibility index (Phi) is 7.58. The number of amides is 1. The minimum atomic E-state index is -5.10. The van der Waals surface area contributed by atoms with E-state index in [1.807, 2.05) is 5.32 Å². The molecule has 0 fully saturated rings. The van der Waals surface area contributed by atoms with Gasteiger partial charge in [-0.3, -0.25) is 9.48 Å². The molecule has 36 heavy (non-hydrogen) atoms. The van der Waals surface area contributed by atoms with Crippen LogP contribution in [0.25, 0.3) is 0 Å². The fraction of sp³-hybridized carbons (Fsp3) is 0.381. The monoisotopic (exact) mass is 542 g/mol. The molecular formula is C21H18ClF7N4O3. The van der Waals surface area contributed by atoms with Crippen LogP contribution < -0.4 is 10.2 Å². The number of rotatable bonds is 6. The maximum Gasteiger partial charge on any atom is 0.436 e. The molecular weight excluding hydrogens is 525 g/mol. The van der Waals surface area contributed by atoms with E-state index in [4.69, 9.17) is 11.6 Å². The number of hydrogen-bond donors (Lipinski definition) is 2. The van der Waals surface area contributed by atoms with Gasteiger partial charge in [-0.05, 0) is 37.6 Å². The van der Waals surface area contributed by atoms with Crippen molar-refractivity contribution in [3.63, 3.8) is 0 Å². The smallest absolute Gasteiger partial charge is 0.436 e. The molecule has 0 unspecified atom stereocenters. The summed E-state index contributed by atoms with van der Waals surface area (Å²) in [6, 6.07) is 1.20. The molecule has 0 bridgehead atoms. The van der Waals surface area contributed by atoms with Gasteiger partial charge in [-0.25, -0.2) is 9.18 Å². The van der Waals surface area contributed by atoms with Crippen molar-refractivity contribution < 1.29 is 45.4 Å². The molecule has 0 radical (unpaired) electrons. The fourth-order valence-corrected chi connectivity index (χ4v) is 3.88. The summed E-state index contributed by atoms with van der Waals surface area (Å²) in [6.07, 6.45) is -10.3. The average molecular weight is 543 g/mol. The maximum atomic E-state index is 13.6. The van der Waals surface area contributed by atoms with Gasteiger partial charge in [-0.2, -0.15) is 31.4 Å². The van der Waals surface area contributed by atoms with Crippen molar-refractivity contribution in [1.82, 2.24) is 9.78 Å². The second-order valence-corrected chi connectivity index (χ2v) is 8.29. The second kappa shape index (κ2) is 9.99. The highest BCUT2D eigenvalue weighted by molar-refractivity contribution is 6.32. The molecule has 3 rings (SSSR count). The number of carbonyl (C=O) groups is 2. The van der Waals surface area contributed by atoms with E-state index in [1.165, 1.54) is 17.0 Å². The number of hydrogen-bond acceptors (Lipinski definition) is 4. The van der Waals surface area contributed by atoms with Crippen LogP contribution in [0, 0.1) is 6.92 Å². The van der Waals surface area contributed by atoms with E-state index in [0.29, 0.717) is 13.0 Å². The van der Waals surface area contributed by atoms with Crippen LogP contribution in [-0.4, -0.2) is 46.0 Å². The van der Waals surface area contributed by atoms with Crippen LogP contribution in [0.5, 0.6) is 0 Å². The molecule has 1 aliphatic heterocycles. The van der Waals surface area contributed by atoms with Crippen molar-refractivity contribution in [3.05, 3.63) is 52.1 Å². The highest BCUT2D eigenvalue weighted by atomic mass is 35.5. The lowest BCUT2D eigenvalue weighted by atomic mass is 10.1. The van der Waals surface area contributed by atoms with Crippen molar-refractivity contribution in [2.24, 2.45) is 0 Å². The molecule has 0 saturated heterocycles. The summed E-state index contributed by atoms with van der Waals surface area (Å²) in [5, 5.41) is 13.7. The van der Waals surface area contributed by atoms with Crippen LogP contribution in [0.2, 0.25) is 5.02 Å². The van der Waals surface area contributed by atoms with Gasteiger partial charge < -0.3 is 15.3 Å². The number of anilines is 2. The first-order valence-electron chi connectivity index (χ1n) is 10.2. The molecule has 0 saturated carbocycles. The third kappa shape index (κ3) is 6.09. The Morgan fingerprint density at radius 2 is 1.89 bits per heavy atom. The number of nitrogens with zero attached hydrogens (tertiary/aromatic N) is 3. The molecule has 1 amide bonds. The van der Waals surface area contributed by atoms with Crippen LogP contribution in [0.3, 0.4) is 0 Å². The summed E-state index contributed by atoms with van der Waals surface area (Å²) in [6.45, 7) is 1.21. The van der Waals surface area contributed by atoms with Crippen LogP contribution in [0.15, 0.2) is 30.1 Å². The van der Waals surface area contributed by atoms with Crippen molar-refractivity contribution in [3.8, 4) is 0 Å². The molecule has 2 N–H and O–H groups in total. The van der Waals surface area contributed by atoms with Crippen LogP contribution >= 0.6 is 11.6 Å². The quantitative estimate of drug-likeness (QED) is 0.453. The highest BCUT2D eigenvalue weighted by Gasteiger charge is 2.42. The molecule has 7 nitrogen and oxygen atoms in total. The van der Waals surface area contributed by atoms with E-state index in [2.05, 4.69) is 5.10 Å². The minimum Gasteiger partial charge on any atom is -0.478 e. The minimum absolute atomic E-state index is 0.126. The third-order valence-corrected chi connectivity index (χ3v) is 5.78. The van der Waals surface area contributed by atoms with Gasteiger partial charge in [-0.1, -0.05) is 11.6 Å². The molecule has 1 aromatic carbocycles. The largest absolute Gasteiger partial charge is 0.478 e. The van der Waals surface area contributed by atoms with Gasteiger partial charge in [0.25, 0.3) is 0 Å². The number of aromatic nitrogens is 2. The Bertz CT molecular complexity index is 1210. The van der Waals surface area contributed by atoms with Crippen LogP contribution in [0.1, 0.15) is 40.6 Å². The van der Waals surface area contributed by atoms with Gasteiger partial charge in [-0.15, -0.1) is 0 Å². The van der Waals surface area contributed by atoms with Gasteiger partial charge in [0, 0.05) is 12.2 Å². The van der Waals surface area contributed by atoms with Gasteiger partial charge in [0.15, 0.2) is 5.69 Å². The Balaban J connectivity index is 1.98. The second-order valence-electron chi connectivity index (χ2n) is 7.91. The molecule has 2 aromatic rings. The van der Waals surface area contributed by atoms with E-state index < -0.39 is 70.2 Å². The zero-order chi connectivity index (χ0) is 27.0. The molecule has 2 heterocycles. The SMILES string of the molecule is Cc1c(Cl)c(C(F)(F)F)nn1[C@@H](CC(F)(F)F)C(=O)Nc1ccc(N2CCC=C(F)C2)cc1C(=O)O. The molecule has 15 heteroatoms. The summed E-state index contributed by atoms with van der Waals surface area (Å²) in [7, 11) is 0. The number of benzene rings is 1. The summed E-state index contributed by atoms with van der Waals surface area (Å²) >= 11 is 5.62. The van der Waals surface area contributed by atoms with Crippen molar-refractivity contribution in [2.45, 2.75) is 38.2 Å². The number of carboxylic acid groups (broad SMARTS) is 1. The number of carbonyl (C=O) groups excluding carboxylic acids is 1. The Labute approximate surface area is 204 Å². The van der Waals surface area contributed by atoms with Crippen molar-refractivity contribution in [2.75, 3.05) is 23.3 Å². The summed E-state index contributed by atoms with van der Waals surface area (Å²) in [4.78, 5) is 26.2. The van der Waals surface area contributed by atoms with Crippen LogP contribution in [-0.2, 0) is 11.0 Å². The van der Waals surface area contributed by atoms with E-state index >= 15 is 0 Å². The molecule has 1 aliphatic rings. The van der Waals surface area contributed by atoms with Gasteiger partial charge in [0.05, 0.1) is 34.9 Å². The van der Waals surface area contributed by atoms with Gasteiger partial charge in [0.2, 0.25) is 5.91 Å². The molecule has 1 atom stereocenters. The topological polar surface area (TPSA) is 87.5 Å². The van der Waals surface area contributed by atoms with Gasteiger partial charge in [0.1, 0.15) is 11.9 Å². The van der Waals surface area contributed by atoms with Gasteiger partial charge >= 0.3 is 18.3 Å². The first kappa shape index (κ1) is 27.3. The normalized spacial score (nSPS) is 15.5. The standard InChI is InChI=1S/C21H18ClF7N4O3/c1-10-16(22)17(21(27,28)29)31-33(10)15(8-20(24,25)26)18(34)30-14-5-4-12(7-13(14)19(35)36)32-6-2-3-11(23)9-32/h3-5,7,15H,2,6,8-9H2,1H3,(H,30,34)(H,35,36)/t15-/m0/s1. The summed E-state index contributed by atoms with van der Waals surface area (Å²) in [5.74, 6) is -3.45. The van der Waals surface area contributed by atoms with E-state index in [-0.39, 0.29) is 16.9 Å². The summed E-state index contributed by atoms with van der Waals surface area (Å²) < 4.78 is 93.1. The lowest BCUT2D eigenvalue weighted by molar-refractivity contribution is -0.152. The first-order valence-corrected chi connectivity index (χ1v) is 10.6. The van der Waals surface area contributed by atoms with Crippen molar-refractivity contribution in [1.29, 1.82) is 0 Å². The van der Waals surface area contributed by atoms with E-state index in [1.54, 1.807) is 0 Å². The predicted octanol–water partition coefficient (Wildman–Crippen LogP) is 5.76. The number of aromatic carboxylic acids is 1. The molecule has 196 valence electrons. The fourth-order valence-electron chi connectivity index (χ4n) is 3.65. The number of alkyl halides is 6. The molecule has 0 spiro atoms. The Morgan fingerprint density at radius 3 is 2.42 bits per heavy atom. The third-order valence-electron chi connectivity index (χ3n) is 5.33. The van der Waals surface area contributed by atoms with Crippen molar-refractivity contribution >= 4 is 34.9 Å². The molecule has 1 aromatic heterocycles. The lowest BCUT2D eigenvalue weighted by Crippen LogP contribution is -2.32. The molecule has 0 aliphatic carbocycles. The number of nitrogens with one attached hydrogen (secondary N) is 1. The Hall–Kier alpha value is -3.29. The maximum absolute atomic E-state index is 13.6. The average Bonchev–Trinajstić information content (AvgIpc) is 3.06. The number of carboxylic acids is 1. The van der Waals surface area contributed by atoms with Crippen LogP contribution in [0.4, 0.5) is 42.1 Å². The van der Waals surface area contributed by atoms with E-state index in [9.17, 15) is 45.4 Å². The first-order chi connectivity index (χ1) is 16.6. The number of halogens is 8. The zero-order valence-corrected chi connectivity index (χ0v) is 19.1. The van der Waals surface area contributed by atoms with E-state index in [0.717, 1.165) is 19.1 Å². The zero-order valence-electron chi connectivity index (χ0n) is 18.3. The summed E-state index contributed by atoms with van der Waals surface area (Å²) in [5.41, 5.74) is -2.86. The highest BCUT2D eigenvalue weighted by Crippen LogP contribution is 2.38.